The third-order valence-corrected chi connectivity index (χ3v) is 1.31. The van der Waals surface area contributed by atoms with Crippen molar-refractivity contribution in [2.24, 2.45) is 0 Å². The highest BCUT2D eigenvalue weighted by atomic mass is 79.9. The molecule has 0 fully saturated rings. The Labute approximate surface area is 73.0 Å². The van der Waals surface area contributed by atoms with Gasteiger partial charge in [0.25, 0.3) is 0 Å². The minimum absolute atomic E-state index is 0. The molecule has 1 aromatic heterocycles. The molecule has 0 unspecified atom stereocenters. The molecule has 0 amide bonds. The van der Waals surface area contributed by atoms with Gasteiger partial charge in [-0.3, -0.25) is 4.98 Å². The topological polar surface area (TPSA) is 12.9 Å². The maximum atomic E-state index is 5.55. The Morgan fingerprint density at radius 1 is 1.44 bits per heavy atom. The van der Waals surface area contributed by atoms with Crippen LogP contribution in [0, 0.1) is 0 Å². The van der Waals surface area contributed by atoms with Crippen LogP contribution in [0.25, 0.3) is 0 Å². The number of hydrogen-bond acceptors (Lipinski definition) is 1. The Bertz CT molecular complexity index is 175. The Balaban J connectivity index is 0.000000640. The SMILES string of the molecule is Cl.Clc1cncc(Br)c1. The van der Waals surface area contributed by atoms with Gasteiger partial charge in [-0.15, -0.1) is 12.4 Å². The molecule has 0 spiro atoms. The third kappa shape index (κ3) is 3.04. The zero-order valence-corrected chi connectivity index (χ0v) is 7.50. The molecule has 0 N–H and O–H groups in total. The van der Waals surface area contributed by atoms with Crippen molar-refractivity contribution in [1.82, 2.24) is 4.98 Å². The van der Waals surface area contributed by atoms with Crippen molar-refractivity contribution >= 4 is 39.9 Å². The van der Waals surface area contributed by atoms with Gasteiger partial charge in [-0.2, -0.15) is 0 Å². The monoisotopic (exact) mass is 227 g/mol. The molecule has 0 aromatic carbocycles. The second kappa shape index (κ2) is 4.09. The van der Waals surface area contributed by atoms with Crippen LogP contribution < -0.4 is 0 Å². The summed E-state index contributed by atoms with van der Waals surface area (Å²) >= 11 is 8.77. The zero-order valence-electron chi connectivity index (χ0n) is 4.34. The van der Waals surface area contributed by atoms with Gasteiger partial charge in [0.15, 0.2) is 0 Å². The molecule has 0 saturated heterocycles. The van der Waals surface area contributed by atoms with Crippen LogP contribution in [0.5, 0.6) is 0 Å². The summed E-state index contributed by atoms with van der Waals surface area (Å²) in [5.41, 5.74) is 0. The smallest absolute Gasteiger partial charge is 0.0600 e. The number of hydrogen-bond donors (Lipinski definition) is 0. The Hall–Kier alpha value is 0.210. The molecule has 0 aliphatic heterocycles. The highest BCUT2D eigenvalue weighted by Gasteiger charge is 1.85. The lowest BCUT2D eigenvalue weighted by molar-refractivity contribution is 1.31. The fourth-order valence-corrected chi connectivity index (χ4v) is 1.06. The van der Waals surface area contributed by atoms with Crippen molar-refractivity contribution in [1.29, 1.82) is 0 Å². The first-order valence-corrected chi connectivity index (χ1v) is 3.22. The molecule has 0 aliphatic rings. The molecule has 1 aromatic rings. The Morgan fingerprint density at radius 2 is 2.11 bits per heavy atom. The van der Waals surface area contributed by atoms with E-state index in [2.05, 4.69) is 20.9 Å². The minimum Gasteiger partial charge on any atom is -0.262 e. The quantitative estimate of drug-likeness (QED) is 0.666. The van der Waals surface area contributed by atoms with Crippen LogP contribution in [0.3, 0.4) is 0 Å². The lowest BCUT2D eigenvalue weighted by Gasteiger charge is -1.86. The number of aromatic nitrogens is 1. The van der Waals surface area contributed by atoms with Gasteiger partial charge >= 0.3 is 0 Å². The number of rotatable bonds is 0. The fraction of sp³-hybridized carbons (Fsp3) is 0. The van der Waals surface area contributed by atoms with Gasteiger partial charge in [-0.1, -0.05) is 11.6 Å². The van der Waals surface area contributed by atoms with Crippen LogP contribution in [-0.2, 0) is 0 Å². The normalized spacial score (nSPS) is 8.22. The zero-order chi connectivity index (χ0) is 5.98. The van der Waals surface area contributed by atoms with E-state index in [-0.39, 0.29) is 12.4 Å². The van der Waals surface area contributed by atoms with Crippen molar-refractivity contribution in [3.8, 4) is 0 Å². The van der Waals surface area contributed by atoms with Gasteiger partial charge in [0.05, 0.1) is 5.02 Å². The standard InChI is InChI=1S/C5H3BrClN.ClH/c6-4-1-5(7)3-8-2-4;/h1-3H;1H. The van der Waals surface area contributed by atoms with Crippen LogP contribution >= 0.6 is 39.9 Å². The van der Waals surface area contributed by atoms with E-state index in [9.17, 15) is 0 Å². The first kappa shape index (κ1) is 9.21. The third-order valence-electron chi connectivity index (χ3n) is 0.672. The predicted octanol–water partition coefficient (Wildman–Crippen LogP) is 2.92. The second-order valence-corrected chi connectivity index (χ2v) is 2.67. The summed E-state index contributed by atoms with van der Waals surface area (Å²) in [6, 6.07) is 1.79. The molecule has 0 aliphatic carbocycles. The Morgan fingerprint density at radius 3 is 2.44 bits per heavy atom. The summed E-state index contributed by atoms with van der Waals surface area (Å²) in [4.78, 5) is 3.80. The maximum absolute atomic E-state index is 5.55. The van der Waals surface area contributed by atoms with Gasteiger partial charge < -0.3 is 0 Å². The van der Waals surface area contributed by atoms with Crippen molar-refractivity contribution in [3.05, 3.63) is 28.0 Å². The van der Waals surface area contributed by atoms with Crippen LogP contribution in [0.2, 0.25) is 5.02 Å². The molecule has 1 rings (SSSR count). The summed E-state index contributed by atoms with van der Waals surface area (Å²) in [5, 5.41) is 0.652. The molecule has 1 heterocycles. The first-order valence-electron chi connectivity index (χ1n) is 2.05. The molecular formula is C5H4BrCl2N. The molecule has 4 heteroatoms. The highest BCUT2D eigenvalue weighted by molar-refractivity contribution is 9.10. The van der Waals surface area contributed by atoms with Gasteiger partial charge in [-0.05, 0) is 22.0 Å². The van der Waals surface area contributed by atoms with Gasteiger partial charge in [0, 0.05) is 16.9 Å². The Kier molecular flexibility index (Phi) is 4.19. The summed E-state index contributed by atoms with van der Waals surface area (Å²) < 4.78 is 0.907. The number of nitrogens with zero attached hydrogens (tertiary/aromatic N) is 1. The molecular weight excluding hydrogens is 225 g/mol. The second-order valence-electron chi connectivity index (χ2n) is 1.32. The van der Waals surface area contributed by atoms with Crippen LogP contribution in [0.15, 0.2) is 22.9 Å². The van der Waals surface area contributed by atoms with Crippen LogP contribution in [0.1, 0.15) is 0 Å². The van der Waals surface area contributed by atoms with Gasteiger partial charge in [-0.25, -0.2) is 0 Å². The summed E-state index contributed by atoms with van der Waals surface area (Å²) in [7, 11) is 0. The molecule has 9 heavy (non-hydrogen) atoms. The fourth-order valence-electron chi connectivity index (χ4n) is 0.386. The van der Waals surface area contributed by atoms with E-state index >= 15 is 0 Å². The molecule has 0 atom stereocenters. The summed E-state index contributed by atoms with van der Waals surface area (Å²) in [6.07, 6.45) is 3.28. The molecule has 0 saturated carbocycles. The predicted molar refractivity (Wildman–Crippen MR) is 44.2 cm³/mol. The lowest BCUT2D eigenvalue weighted by Crippen LogP contribution is -1.68. The number of halogens is 3. The summed E-state index contributed by atoms with van der Waals surface area (Å²) in [5.74, 6) is 0. The number of pyridine rings is 1. The van der Waals surface area contributed by atoms with Crippen molar-refractivity contribution in [2.45, 2.75) is 0 Å². The summed E-state index contributed by atoms with van der Waals surface area (Å²) in [6.45, 7) is 0. The largest absolute Gasteiger partial charge is 0.262 e. The van der Waals surface area contributed by atoms with Crippen LogP contribution in [0.4, 0.5) is 0 Å². The molecule has 50 valence electrons. The van der Waals surface area contributed by atoms with E-state index in [0.717, 1.165) is 4.47 Å². The van der Waals surface area contributed by atoms with Crippen molar-refractivity contribution in [3.63, 3.8) is 0 Å². The molecule has 0 radical (unpaired) electrons. The van der Waals surface area contributed by atoms with E-state index in [1.807, 2.05) is 0 Å². The van der Waals surface area contributed by atoms with E-state index < -0.39 is 0 Å². The van der Waals surface area contributed by atoms with E-state index in [0.29, 0.717) is 5.02 Å². The van der Waals surface area contributed by atoms with Crippen LogP contribution in [-0.4, -0.2) is 4.98 Å². The van der Waals surface area contributed by atoms with E-state index in [1.165, 1.54) is 0 Å². The van der Waals surface area contributed by atoms with Gasteiger partial charge in [0.2, 0.25) is 0 Å². The van der Waals surface area contributed by atoms with Gasteiger partial charge in [0.1, 0.15) is 0 Å². The average Bonchev–Trinajstić information content (AvgIpc) is 1.64. The van der Waals surface area contributed by atoms with E-state index in [4.69, 9.17) is 11.6 Å². The van der Waals surface area contributed by atoms with Crippen molar-refractivity contribution < 1.29 is 0 Å². The average molecular weight is 229 g/mol. The first-order chi connectivity index (χ1) is 3.79. The minimum atomic E-state index is 0. The van der Waals surface area contributed by atoms with E-state index in [1.54, 1.807) is 18.5 Å². The lowest BCUT2D eigenvalue weighted by atomic mass is 10.5. The molecule has 0 bridgehead atoms. The maximum Gasteiger partial charge on any atom is 0.0600 e. The highest BCUT2D eigenvalue weighted by Crippen LogP contribution is 2.12. The van der Waals surface area contributed by atoms with Crippen molar-refractivity contribution in [2.75, 3.05) is 0 Å². The molecule has 1 nitrogen and oxygen atoms in total.